The van der Waals surface area contributed by atoms with Crippen molar-refractivity contribution in [2.45, 2.75) is 0 Å². The molecule has 20 heavy (non-hydrogen) atoms. The summed E-state index contributed by atoms with van der Waals surface area (Å²) in [6, 6.07) is 9.96. The van der Waals surface area contributed by atoms with E-state index in [0.29, 0.717) is 16.8 Å². The van der Waals surface area contributed by atoms with Crippen LogP contribution < -0.4 is 5.32 Å². The Bertz CT molecular complexity index is 735. The van der Waals surface area contributed by atoms with E-state index >= 15 is 0 Å². The molecule has 1 aliphatic heterocycles. The van der Waals surface area contributed by atoms with Gasteiger partial charge in [0, 0.05) is 25.8 Å². The summed E-state index contributed by atoms with van der Waals surface area (Å²) in [5.74, 6) is -0.580. The highest BCUT2D eigenvalue weighted by Gasteiger charge is 2.24. The van der Waals surface area contributed by atoms with Crippen LogP contribution in [0.1, 0.15) is 11.1 Å². The average molecular weight is 397 g/mol. The SMILES string of the molecule is O=C1Nc2ccc(F)cc2C1=Cc1cc(Br)cc(Br)c1. The minimum Gasteiger partial charge on any atom is -0.321 e. The van der Waals surface area contributed by atoms with Crippen molar-refractivity contribution in [1.82, 2.24) is 0 Å². The molecule has 0 fully saturated rings. The van der Waals surface area contributed by atoms with Crippen LogP contribution >= 0.6 is 31.9 Å². The molecule has 5 heteroatoms. The van der Waals surface area contributed by atoms with Crippen molar-refractivity contribution >= 4 is 55.1 Å². The lowest BCUT2D eigenvalue weighted by molar-refractivity contribution is -0.110. The third-order valence-electron chi connectivity index (χ3n) is 2.96. The fraction of sp³-hybridized carbons (Fsp3) is 0. The fourth-order valence-corrected chi connectivity index (χ4v) is 3.46. The maximum absolute atomic E-state index is 13.3. The summed E-state index contributed by atoms with van der Waals surface area (Å²) in [7, 11) is 0. The van der Waals surface area contributed by atoms with Gasteiger partial charge >= 0.3 is 0 Å². The van der Waals surface area contributed by atoms with Gasteiger partial charge in [0.2, 0.25) is 0 Å². The van der Waals surface area contributed by atoms with Gasteiger partial charge in [-0.15, -0.1) is 0 Å². The molecule has 0 spiro atoms. The Balaban J connectivity index is 2.12. The van der Waals surface area contributed by atoms with Gasteiger partial charge in [-0.1, -0.05) is 31.9 Å². The molecule has 0 saturated heterocycles. The molecule has 0 aromatic heterocycles. The van der Waals surface area contributed by atoms with Crippen LogP contribution in [0.15, 0.2) is 45.3 Å². The van der Waals surface area contributed by atoms with E-state index in [-0.39, 0.29) is 11.7 Å². The molecule has 0 saturated carbocycles. The summed E-state index contributed by atoms with van der Waals surface area (Å²) in [4.78, 5) is 12.0. The molecule has 2 aromatic carbocycles. The molecule has 100 valence electrons. The van der Waals surface area contributed by atoms with Crippen molar-refractivity contribution in [3.05, 3.63) is 62.3 Å². The zero-order valence-corrected chi connectivity index (χ0v) is 13.3. The van der Waals surface area contributed by atoms with Gasteiger partial charge in [-0.25, -0.2) is 4.39 Å². The lowest BCUT2D eigenvalue weighted by Gasteiger charge is -2.01. The lowest BCUT2D eigenvalue weighted by Crippen LogP contribution is -2.03. The van der Waals surface area contributed by atoms with Gasteiger partial charge in [0.25, 0.3) is 5.91 Å². The van der Waals surface area contributed by atoms with Gasteiger partial charge in [-0.3, -0.25) is 4.79 Å². The Labute approximate surface area is 131 Å². The van der Waals surface area contributed by atoms with Crippen LogP contribution in [0.4, 0.5) is 10.1 Å². The lowest BCUT2D eigenvalue weighted by atomic mass is 10.0. The Hall–Kier alpha value is -1.46. The van der Waals surface area contributed by atoms with Gasteiger partial charge in [0.05, 0.1) is 0 Å². The van der Waals surface area contributed by atoms with Gasteiger partial charge in [0.15, 0.2) is 0 Å². The van der Waals surface area contributed by atoms with E-state index in [2.05, 4.69) is 37.2 Å². The van der Waals surface area contributed by atoms with Crippen LogP contribution in [0.2, 0.25) is 0 Å². The molecular formula is C15H8Br2FNO. The predicted octanol–water partition coefficient (Wildman–Crippen LogP) is 4.84. The zero-order chi connectivity index (χ0) is 14.3. The summed E-state index contributed by atoms with van der Waals surface area (Å²) < 4.78 is 15.1. The number of hydrogen-bond donors (Lipinski definition) is 1. The smallest absolute Gasteiger partial charge is 0.256 e. The minimum absolute atomic E-state index is 0.221. The molecule has 0 aliphatic carbocycles. The van der Waals surface area contributed by atoms with Crippen LogP contribution in [0, 0.1) is 5.82 Å². The minimum atomic E-state index is -0.360. The molecule has 0 radical (unpaired) electrons. The van der Waals surface area contributed by atoms with Crippen molar-refractivity contribution in [1.29, 1.82) is 0 Å². The van der Waals surface area contributed by atoms with Crippen molar-refractivity contribution in [3.8, 4) is 0 Å². The molecule has 0 bridgehead atoms. The van der Waals surface area contributed by atoms with Crippen molar-refractivity contribution in [3.63, 3.8) is 0 Å². The molecule has 2 aromatic rings. The molecule has 3 rings (SSSR count). The van der Waals surface area contributed by atoms with E-state index in [1.165, 1.54) is 12.1 Å². The quantitative estimate of drug-likeness (QED) is 0.686. The Kier molecular flexibility index (Phi) is 3.48. The Morgan fingerprint density at radius 3 is 2.45 bits per heavy atom. The first-order chi connectivity index (χ1) is 9.52. The van der Waals surface area contributed by atoms with Gasteiger partial charge in [-0.05, 0) is 48.0 Å². The van der Waals surface area contributed by atoms with Crippen molar-refractivity contribution in [2.24, 2.45) is 0 Å². The highest BCUT2D eigenvalue weighted by Crippen LogP contribution is 2.34. The topological polar surface area (TPSA) is 29.1 Å². The molecular weight excluding hydrogens is 389 g/mol. The van der Waals surface area contributed by atoms with Crippen LogP contribution in [0.25, 0.3) is 11.6 Å². The molecule has 2 nitrogen and oxygen atoms in total. The number of anilines is 1. The summed E-state index contributed by atoms with van der Waals surface area (Å²) >= 11 is 6.80. The Morgan fingerprint density at radius 2 is 1.75 bits per heavy atom. The van der Waals surface area contributed by atoms with E-state index in [4.69, 9.17) is 0 Å². The van der Waals surface area contributed by atoms with E-state index in [1.807, 2.05) is 18.2 Å². The van der Waals surface area contributed by atoms with E-state index in [9.17, 15) is 9.18 Å². The largest absolute Gasteiger partial charge is 0.321 e. The highest BCUT2D eigenvalue weighted by atomic mass is 79.9. The van der Waals surface area contributed by atoms with Crippen molar-refractivity contribution < 1.29 is 9.18 Å². The van der Waals surface area contributed by atoms with E-state index < -0.39 is 0 Å². The van der Waals surface area contributed by atoms with E-state index in [1.54, 1.807) is 12.1 Å². The fourth-order valence-electron chi connectivity index (χ4n) is 2.13. The number of rotatable bonds is 1. The molecule has 1 amide bonds. The normalized spacial score (nSPS) is 15.3. The maximum Gasteiger partial charge on any atom is 0.256 e. The van der Waals surface area contributed by atoms with Gasteiger partial charge in [-0.2, -0.15) is 0 Å². The van der Waals surface area contributed by atoms with Crippen LogP contribution in [0.5, 0.6) is 0 Å². The van der Waals surface area contributed by atoms with Crippen LogP contribution in [-0.4, -0.2) is 5.91 Å². The summed E-state index contributed by atoms with van der Waals surface area (Å²) in [5, 5.41) is 2.73. The highest BCUT2D eigenvalue weighted by molar-refractivity contribution is 9.11. The van der Waals surface area contributed by atoms with Gasteiger partial charge in [0.1, 0.15) is 5.82 Å². The monoisotopic (exact) mass is 395 g/mol. The second kappa shape index (κ2) is 5.14. The Morgan fingerprint density at radius 1 is 1.05 bits per heavy atom. The number of amides is 1. The van der Waals surface area contributed by atoms with Gasteiger partial charge < -0.3 is 5.32 Å². The van der Waals surface area contributed by atoms with E-state index in [0.717, 1.165) is 14.5 Å². The second-order valence-corrected chi connectivity index (χ2v) is 6.24. The number of halogens is 3. The molecule has 1 aliphatic rings. The van der Waals surface area contributed by atoms with Crippen LogP contribution in [0.3, 0.4) is 0 Å². The number of fused-ring (bicyclic) bond motifs is 1. The third-order valence-corrected chi connectivity index (χ3v) is 3.88. The number of nitrogens with one attached hydrogen (secondary N) is 1. The number of hydrogen-bond acceptors (Lipinski definition) is 1. The molecule has 0 unspecified atom stereocenters. The second-order valence-electron chi connectivity index (χ2n) is 4.40. The number of benzene rings is 2. The third kappa shape index (κ3) is 2.55. The first kappa shape index (κ1) is 13.5. The average Bonchev–Trinajstić information content (AvgIpc) is 2.65. The first-order valence-electron chi connectivity index (χ1n) is 5.82. The van der Waals surface area contributed by atoms with Crippen LogP contribution in [-0.2, 0) is 4.79 Å². The van der Waals surface area contributed by atoms with Crippen molar-refractivity contribution in [2.75, 3.05) is 5.32 Å². The maximum atomic E-state index is 13.3. The molecule has 0 atom stereocenters. The summed E-state index contributed by atoms with van der Waals surface area (Å²) in [6.07, 6.45) is 1.75. The standard InChI is InChI=1S/C15H8Br2FNO/c16-9-3-8(4-10(17)6-9)5-13-12-7-11(18)1-2-14(12)19-15(13)20/h1-7H,(H,19,20). The first-order valence-corrected chi connectivity index (χ1v) is 7.40. The molecule has 1 N–H and O–H groups in total. The molecule has 1 heterocycles. The number of carbonyl (C=O) groups is 1. The zero-order valence-electron chi connectivity index (χ0n) is 10.1. The summed E-state index contributed by atoms with van der Waals surface area (Å²) in [6.45, 7) is 0. The summed E-state index contributed by atoms with van der Waals surface area (Å²) in [5.41, 5.74) is 2.54. The predicted molar refractivity (Wildman–Crippen MR) is 84.7 cm³/mol. The number of carbonyl (C=O) groups excluding carboxylic acids is 1.